The van der Waals surface area contributed by atoms with E-state index in [1.807, 2.05) is 0 Å². The zero-order valence-corrected chi connectivity index (χ0v) is 8.96. The van der Waals surface area contributed by atoms with Crippen LogP contribution in [0.2, 0.25) is 0 Å². The Bertz CT molecular complexity index is 308. The van der Waals surface area contributed by atoms with Gasteiger partial charge in [0.25, 0.3) is 5.91 Å². The molecule has 1 saturated heterocycles. The summed E-state index contributed by atoms with van der Waals surface area (Å²) in [7, 11) is 0. The molecule has 0 radical (unpaired) electrons. The zero-order valence-electron chi connectivity index (χ0n) is 8.20. The highest BCUT2D eigenvalue weighted by Crippen LogP contribution is 2.23. The molecule has 4 nitrogen and oxygen atoms in total. The van der Waals surface area contributed by atoms with E-state index in [2.05, 4.69) is 0 Å². The zero-order chi connectivity index (χ0) is 11.6. The summed E-state index contributed by atoms with van der Waals surface area (Å²) in [5.74, 6) is -3.08. The number of likely N-dealkylation sites (tertiary alicyclic amines) is 1. The number of alkyl halides is 1. The highest BCUT2D eigenvalue weighted by atomic mass is 35.5. The van der Waals surface area contributed by atoms with Crippen molar-refractivity contribution in [2.45, 2.75) is 6.92 Å². The second kappa shape index (κ2) is 4.70. The molecule has 1 fully saturated rings. The number of rotatable bonds is 3. The molecule has 1 unspecified atom stereocenters. The van der Waals surface area contributed by atoms with Gasteiger partial charge in [0, 0.05) is 13.1 Å². The minimum Gasteiger partial charge on any atom is -0.333 e. The number of ketones is 1. The summed E-state index contributed by atoms with van der Waals surface area (Å²) in [5.41, 5.74) is 0. The van der Waals surface area contributed by atoms with Crippen molar-refractivity contribution in [1.82, 2.24) is 4.90 Å². The molecule has 1 rings (SSSR count). The van der Waals surface area contributed by atoms with E-state index in [1.165, 1.54) is 0 Å². The number of hydrogen-bond donors (Lipinski definition) is 0. The molecule has 0 spiro atoms. The highest BCUT2D eigenvalue weighted by Gasteiger charge is 2.42. The van der Waals surface area contributed by atoms with Crippen molar-refractivity contribution in [2.75, 3.05) is 19.8 Å². The maximum Gasteiger partial charge on any atom is 0.290 e. The Balaban J connectivity index is 2.84. The van der Waals surface area contributed by atoms with E-state index in [-0.39, 0.29) is 19.0 Å². The van der Waals surface area contributed by atoms with Crippen molar-refractivity contribution in [3.8, 4) is 0 Å². The fraction of sp³-hybridized carbons (Fsp3) is 0.667. The van der Waals surface area contributed by atoms with E-state index in [0.29, 0.717) is 0 Å². The number of carbonyl (C=O) groups excluding carboxylic acids is 3. The molecule has 1 aliphatic heterocycles. The van der Waals surface area contributed by atoms with E-state index >= 15 is 0 Å². The fourth-order valence-electron chi connectivity index (χ4n) is 1.70. The van der Waals surface area contributed by atoms with Crippen LogP contribution in [0.4, 0.5) is 4.39 Å². The molecule has 0 aromatic rings. The molecule has 84 valence electrons. The fourth-order valence-corrected chi connectivity index (χ4v) is 2.02. The van der Waals surface area contributed by atoms with E-state index < -0.39 is 29.5 Å². The van der Waals surface area contributed by atoms with Crippen LogP contribution in [0.5, 0.6) is 0 Å². The maximum atomic E-state index is 12.1. The summed E-state index contributed by atoms with van der Waals surface area (Å²) in [6.45, 7) is 1.02. The third-order valence-corrected chi connectivity index (χ3v) is 2.69. The molecule has 6 heteroatoms. The Morgan fingerprint density at radius 3 is 2.67 bits per heavy atom. The van der Waals surface area contributed by atoms with Gasteiger partial charge in [0.05, 0.1) is 0 Å². The van der Waals surface area contributed by atoms with Crippen molar-refractivity contribution in [3.05, 3.63) is 0 Å². The van der Waals surface area contributed by atoms with Gasteiger partial charge in [-0.2, -0.15) is 0 Å². The summed E-state index contributed by atoms with van der Waals surface area (Å²) in [5, 5.41) is -0.819. The molecule has 0 aromatic heterocycles. The van der Waals surface area contributed by atoms with Gasteiger partial charge in [-0.3, -0.25) is 14.4 Å². The highest BCUT2D eigenvalue weighted by molar-refractivity contribution is 6.67. The number of Topliss-reactive ketones (excluding diaryl/α,β-unsaturated/α-hetero) is 1. The first kappa shape index (κ1) is 12.1. The van der Waals surface area contributed by atoms with Gasteiger partial charge in [-0.05, 0) is 17.5 Å². The predicted octanol–water partition coefficient (Wildman–Crippen LogP) is 0.385. The standard InChI is InChI=1S/C9H11ClFNO3/c1-5-4-12(3-2-11)9(15)7(13)6(5)8(10)14/h5-6H,2-4H2,1H3/t5-,6?/m0/s1. The minimum atomic E-state index is -1.07. The first-order chi connectivity index (χ1) is 6.99. The molecule has 0 aromatic carbocycles. The van der Waals surface area contributed by atoms with Gasteiger partial charge in [-0.25, -0.2) is 4.39 Å². The Morgan fingerprint density at radius 2 is 2.20 bits per heavy atom. The van der Waals surface area contributed by atoms with Gasteiger partial charge in [-0.1, -0.05) is 6.92 Å². The van der Waals surface area contributed by atoms with Gasteiger partial charge in [-0.15, -0.1) is 0 Å². The van der Waals surface area contributed by atoms with Crippen LogP contribution in [0.1, 0.15) is 6.92 Å². The Morgan fingerprint density at radius 1 is 1.60 bits per heavy atom. The van der Waals surface area contributed by atoms with Gasteiger partial charge < -0.3 is 4.90 Å². The number of hydrogen-bond acceptors (Lipinski definition) is 3. The Hall–Kier alpha value is -0.970. The number of piperidine rings is 1. The van der Waals surface area contributed by atoms with Gasteiger partial charge in [0.15, 0.2) is 0 Å². The van der Waals surface area contributed by atoms with Crippen LogP contribution in [0.15, 0.2) is 0 Å². The summed E-state index contributed by atoms with van der Waals surface area (Å²) < 4.78 is 12.1. The summed E-state index contributed by atoms with van der Waals surface area (Å²) in [4.78, 5) is 34.9. The molecule has 0 saturated carbocycles. The van der Waals surface area contributed by atoms with Crippen molar-refractivity contribution >= 4 is 28.5 Å². The molecule has 2 atom stereocenters. The Kier molecular flexibility index (Phi) is 3.79. The van der Waals surface area contributed by atoms with Crippen LogP contribution in [0, 0.1) is 11.8 Å². The molecule has 1 amide bonds. The lowest BCUT2D eigenvalue weighted by Crippen LogP contribution is -2.52. The van der Waals surface area contributed by atoms with E-state index in [9.17, 15) is 18.8 Å². The summed E-state index contributed by atoms with van der Waals surface area (Å²) >= 11 is 5.23. The molecule has 1 heterocycles. The van der Waals surface area contributed by atoms with Crippen LogP contribution < -0.4 is 0 Å². The van der Waals surface area contributed by atoms with Crippen molar-refractivity contribution in [1.29, 1.82) is 0 Å². The number of amides is 1. The maximum absolute atomic E-state index is 12.1. The third-order valence-electron chi connectivity index (χ3n) is 2.46. The van der Waals surface area contributed by atoms with Crippen molar-refractivity contribution in [3.63, 3.8) is 0 Å². The van der Waals surface area contributed by atoms with Crippen LogP contribution in [-0.2, 0) is 14.4 Å². The van der Waals surface area contributed by atoms with E-state index in [4.69, 9.17) is 11.6 Å². The normalized spacial score (nSPS) is 27.0. The van der Waals surface area contributed by atoms with Gasteiger partial charge in [0.2, 0.25) is 11.0 Å². The van der Waals surface area contributed by atoms with Crippen LogP contribution in [0.25, 0.3) is 0 Å². The van der Waals surface area contributed by atoms with Crippen molar-refractivity contribution < 1.29 is 18.8 Å². The molecular weight excluding hydrogens is 225 g/mol. The van der Waals surface area contributed by atoms with Crippen LogP contribution >= 0.6 is 11.6 Å². The second-order valence-corrected chi connectivity index (χ2v) is 3.94. The monoisotopic (exact) mass is 235 g/mol. The molecule has 1 aliphatic rings. The second-order valence-electron chi connectivity index (χ2n) is 3.56. The molecule has 0 aliphatic carbocycles. The SMILES string of the molecule is C[C@H]1CN(CCF)C(=O)C(=O)C1C(=O)Cl. The lowest BCUT2D eigenvalue weighted by atomic mass is 9.86. The Labute approximate surface area is 91.4 Å². The molecule has 0 bridgehead atoms. The summed E-state index contributed by atoms with van der Waals surface area (Å²) in [6.07, 6.45) is 0. The van der Waals surface area contributed by atoms with Gasteiger partial charge in [0.1, 0.15) is 12.6 Å². The van der Waals surface area contributed by atoms with Gasteiger partial charge >= 0.3 is 0 Å². The quantitative estimate of drug-likeness (QED) is 0.404. The predicted molar refractivity (Wildman–Crippen MR) is 51.1 cm³/mol. The topological polar surface area (TPSA) is 54.5 Å². The average molecular weight is 236 g/mol. The van der Waals surface area contributed by atoms with Crippen molar-refractivity contribution in [2.24, 2.45) is 11.8 Å². The smallest absolute Gasteiger partial charge is 0.290 e. The van der Waals surface area contributed by atoms with E-state index in [1.54, 1.807) is 6.92 Å². The third kappa shape index (κ3) is 2.34. The lowest BCUT2D eigenvalue weighted by molar-refractivity contribution is -0.153. The first-order valence-electron chi connectivity index (χ1n) is 4.57. The number of carbonyl (C=O) groups is 3. The minimum absolute atomic E-state index is 0.113. The number of nitrogens with zero attached hydrogens (tertiary/aromatic N) is 1. The largest absolute Gasteiger partial charge is 0.333 e. The average Bonchev–Trinajstić information content (AvgIpc) is 2.13. The summed E-state index contributed by atoms with van der Waals surface area (Å²) in [6, 6.07) is 0. The van der Waals surface area contributed by atoms with Crippen LogP contribution in [-0.4, -0.2) is 41.6 Å². The molecule has 15 heavy (non-hydrogen) atoms. The molecular formula is C9H11ClFNO3. The number of halogens is 2. The first-order valence-corrected chi connectivity index (χ1v) is 4.95. The van der Waals surface area contributed by atoms with E-state index in [0.717, 1.165) is 4.90 Å². The lowest BCUT2D eigenvalue weighted by Gasteiger charge is -2.32. The van der Waals surface area contributed by atoms with Crippen LogP contribution in [0.3, 0.4) is 0 Å². The molecule has 0 N–H and O–H groups in total.